The zero-order chi connectivity index (χ0) is 20.5. The van der Waals surface area contributed by atoms with E-state index in [0.29, 0.717) is 21.9 Å². The van der Waals surface area contributed by atoms with Gasteiger partial charge in [0.1, 0.15) is 11.6 Å². The van der Waals surface area contributed by atoms with Crippen molar-refractivity contribution in [1.29, 1.82) is 0 Å². The lowest BCUT2D eigenvalue weighted by molar-refractivity contribution is -0.117. The fourth-order valence-corrected chi connectivity index (χ4v) is 4.03. The monoisotopic (exact) mass is 409 g/mol. The van der Waals surface area contributed by atoms with Crippen LogP contribution in [0.2, 0.25) is 0 Å². The molecule has 0 spiro atoms. The van der Waals surface area contributed by atoms with Crippen molar-refractivity contribution in [3.05, 3.63) is 93.6 Å². The molecule has 0 saturated heterocycles. The first-order chi connectivity index (χ1) is 14.0. The van der Waals surface area contributed by atoms with Gasteiger partial charge >= 0.3 is 0 Å². The van der Waals surface area contributed by atoms with Crippen LogP contribution >= 0.6 is 11.3 Å². The lowest BCUT2D eigenvalue weighted by atomic mass is 9.95. The predicted octanol–water partition coefficient (Wildman–Crippen LogP) is 4.68. The van der Waals surface area contributed by atoms with E-state index in [1.54, 1.807) is 41.8 Å². The minimum Gasteiger partial charge on any atom is -0.503 e. The summed E-state index contributed by atoms with van der Waals surface area (Å²) >= 11 is 1.23. The van der Waals surface area contributed by atoms with E-state index in [9.17, 15) is 19.1 Å². The second-order valence-corrected chi connectivity index (χ2v) is 7.34. The molecule has 3 aromatic rings. The molecule has 1 aromatic heterocycles. The molecule has 1 aliphatic heterocycles. The number of anilines is 1. The minimum absolute atomic E-state index is 0.00746. The van der Waals surface area contributed by atoms with Crippen LogP contribution in [0.3, 0.4) is 0 Å². The quantitative estimate of drug-likeness (QED) is 0.622. The van der Waals surface area contributed by atoms with E-state index in [0.717, 1.165) is 0 Å². The number of carbonyl (C=O) groups excluding carboxylic acids is 2. The summed E-state index contributed by atoms with van der Waals surface area (Å²) in [5.41, 5.74) is 0.983. The molecule has 4 rings (SSSR count). The summed E-state index contributed by atoms with van der Waals surface area (Å²) in [6.45, 7) is 0. The van der Waals surface area contributed by atoms with Gasteiger partial charge in [-0.25, -0.2) is 4.39 Å². The lowest BCUT2D eigenvalue weighted by Crippen LogP contribution is -2.31. The van der Waals surface area contributed by atoms with E-state index in [1.165, 1.54) is 47.6 Å². The first-order valence-electron chi connectivity index (χ1n) is 8.75. The van der Waals surface area contributed by atoms with Crippen LogP contribution in [0, 0.1) is 5.82 Å². The summed E-state index contributed by atoms with van der Waals surface area (Å²) in [4.78, 5) is 27.8. The Labute approximate surface area is 170 Å². The number of nitrogens with zero attached hydrogens (tertiary/aromatic N) is 1. The van der Waals surface area contributed by atoms with E-state index < -0.39 is 29.3 Å². The van der Waals surface area contributed by atoms with Crippen LogP contribution in [0.25, 0.3) is 0 Å². The largest absolute Gasteiger partial charge is 0.503 e. The maximum atomic E-state index is 13.4. The van der Waals surface area contributed by atoms with Gasteiger partial charge in [-0.2, -0.15) is 0 Å². The molecule has 0 aliphatic carbocycles. The van der Waals surface area contributed by atoms with Crippen LogP contribution in [-0.4, -0.2) is 23.9 Å². The maximum absolute atomic E-state index is 13.4. The van der Waals surface area contributed by atoms with Gasteiger partial charge in [0, 0.05) is 5.69 Å². The highest BCUT2D eigenvalue weighted by Crippen LogP contribution is 2.42. The zero-order valence-electron chi connectivity index (χ0n) is 15.3. The number of aliphatic hydroxyl groups is 1. The van der Waals surface area contributed by atoms with Crippen molar-refractivity contribution in [1.82, 2.24) is 0 Å². The van der Waals surface area contributed by atoms with E-state index in [4.69, 9.17) is 4.74 Å². The molecule has 1 atom stereocenters. The molecule has 5 nitrogen and oxygen atoms in total. The first kappa shape index (κ1) is 18.9. The molecule has 1 N–H and O–H groups in total. The number of benzene rings is 2. The van der Waals surface area contributed by atoms with Crippen molar-refractivity contribution in [3.8, 4) is 5.75 Å². The number of ether oxygens (including phenoxy) is 1. The van der Waals surface area contributed by atoms with Crippen molar-refractivity contribution >= 4 is 28.7 Å². The molecular weight excluding hydrogens is 393 g/mol. The Hall–Kier alpha value is -3.45. The highest BCUT2D eigenvalue weighted by molar-refractivity contribution is 7.12. The highest BCUT2D eigenvalue weighted by Gasteiger charge is 2.44. The van der Waals surface area contributed by atoms with Crippen molar-refractivity contribution < 1.29 is 23.8 Å². The number of hydrogen-bond acceptors (Lipinski definition) is 5. The number of thiophene rings is 1. The van der Waals surface area contributed by atoms with Gasteiger partial charge in [-0.15, -0.1) is 11.3 Å². The molecule has 2 heterocycles. The summed E-state index contributed by atoms with van der Waals surface area (Å²) in [7, 11) is 1.54. The molecule has 1 aliphatic rings. The minimum atomic E-state index is -0.853. The van der Waals surface area contributed by atoms with Gasteiger partial charge in [0.25, 0.3) is 5.91 Å². The third kappa shape index (κ3) is 3.30. The van der Waals surface area contributed by atoms with Crippen LogP contribution in [0.1, 0.15) is 21.3 Å². The van der Waals surface area contributed by atoms with Gasteiger partial charge in [0.05, 0.1) is 23.6 Å². The van der Waals surface area contributed by atoms with Crippen LogP contribution in [0.15, 0.2) is 77.4 Å². The molecule has 7 heteroatoms. The van der Waals surface area contributed by atoms with Crippen molar-refractivity contribution in [2.75, 3.05) is 12.0 Å². The van der Waals surface area contributed by atoms with Crippen LogP contribution in [0.4, 0.5) is 10.1 Å². The molecule has 2 aromatic carbocycles. The van der Waals surface area contributed by atoms with Gasteiger partial charge in [0.2, 0.25) is 5.78 Å². The number of carbonyl (C=O) groups is 2. The smallest absolute Gasteiger partial charge is 0.294 e. The van der Waals surface area contributed by atoms with E-state index >= 15 is 0 Å². The standard InChI is InChI=1S/C22H16FNO4S/c1-28-16-10-4-13(5-11-16)19-18(20(25)17-3-2-12-29-17)21(26)22(27)24(19)15-8-6-14(23)7-9-15/h2-12,19,26H,1H3. The lowest BCUT2D eigenvalue weighted by Gasteiger charge is -2.27. The van der Waals surface area contributed by atoms with Gasteiger partial charge in [-0.1, -0.05) is 18.2 Å². The fourth-order valence-electron chi connectivity index (χ4n) is 3.35. The number of methoxy groups -OCH3 is 1. The number of hydrogen-bond donors (Lipinski definition) is 1. The van der Waals surface area contributed by atoms with Gasteiger partial charge in [-0.05, 0) is 53.4 Å². The molecule has 146 valence electrons. The molecule has 1 amide bonds. The summed E-state index contributed by atoms with van der Waals surface area (Å²) in [6.07, 6.45) is 0. The normalized spacial score (nSPS) is 16.4. The number of rotatable bonds is 5. The third-order valence-electron chi connectivity index (χ3n) is 4.73. The number of aliphatic hydroxyl groups excluding tert-OH is 1. The zero-order valence-corrected chi connectivity index (χ0v) is 16.2. The Balaban J connectivity index is 1.86. The summed E-state index contributed by atoms with van der Waals surface area (Å²) in [5, 5.41) is 12.4. The SMILES string of the molecule is COc1ccc(C2C(C(=O)c3cccs3)=C(O)C(=O)N2c2ccc(F)cc2)cc1. The maximum Gasteiger partial charge on any atom is 0.294 e. The van der Waals surface area contributed by atoms with Gasteiger partial charge in [0.15, 0.2) is 5.76 Å². The summed E-state index contributed by atoms with van der Waals surface area (Å²) < 4.78 is 18.6. The fraction of sp³-hybridized carbons (Fsp3) is 0.0909. The Morgan fingerprint density at radius 1 is 1.10 bits per heavy atom. The van der Waals surface area contributed by atoms with E-state index in [-0.39, 0.29) is 5.57 Å². The summed E-state index contributed by atoms with van der Waals surface area (Å²) in [6, 6.07) is 14.7. The molecule has 0 radical (unpaired) electrons. The van der Waals surface area contributed by atoms with E-state index in [2.05, 4.69) is 0 Å². The Kier molecular flexibility index (Phi) is 4.90. The Morgan fingerprint density at radius 3 is 2.38 bits per heavy atom. The number of halogens is 1. The van der Waals surface area contributed by atoms with Gasteiger partial charge < -0.3 is 9.84 Å². The molecule has 0 bridgehead atoms. The second kappa shape index (κ2) is 7.52. The molecular formula is C22H16FNO4S. The number of amides is 1. The molecule has 0 saturated carbocycles. The summed E-state index contributed by atoms with van der Waals surface area (Å²) in [5.74, 6) is -1.57. The van der Waals surface area contributed by atoms with Crippen molar-refractivity contribution in [2.24, 2.45) is 0 Å². The van der Waals surface area contributed by atoms with Crippen LogP contribution in [0.5, 0.6) is 5.75 Å². The van der Waals surface area contributed by atoms with Crippen LogP contribution < -0.4 is 9.64 Å². The average molecular weight is 409 g/mol. The van der Waals surface area contributed by atoms with Crippen molar-refractivity contribution in [3.63, 3.8) is 0 Å². The number of ketones is 1. The first-order valence-corrected chi connectivity index (χ1v) is 9.63. The molecule has 0 fully saturated rings. The molecule has 1 unspecified atom stereocenters. The van der Waals surface area contributed by atoms with Crippen molar-refractivity contribution in [2.45, 2.75) is 6.04 Å². The second-order valence-electron chi connectivity index (χ2n) is 6.40. The molecule has 29 heavy (non-hydrogen) atoms. The van der Waals surface area contributed by atoms with E-state index in [1.807, 2.05) is 0 Å². The topological polar surface area (TPSA) is 66.8 Å². The number of Topliss-reactive ketones (excluding diaryl/α,β-unsaturated/α-hetero) is 1. The predicted molar refractivity (Wildman–Crippen MR) is 108 cm³/mol. The van der Waals surface area contributed by atoms with Gasteiger partial charge in [-0.3, -0.25) is 14.5 Å². The highest BCUT2D eigenvalue weighted by atomic mass is 32.1. The Bertz CT molecular complexity index is 1090. The van der Waals surface area contributed by atoms with Crippen LogP contribution in [-0.2, 0) is 4.79 Å². The third-order valence-corrected chi connectivity index (χ3v) is 5.60. The Morgan fingerprint density at radius 2 is 1.79 bits per heavy atom. The average Bonchev–Trinajstić information content (AvgIpc) is 3.36.